The van der Waals surface area contributed by atoms with E-state index in [1.54, 1.807) is 58.8 Å². The van der Waals surface area contributed by atoms with Crippen LogP contribution in [0.2, 0.25) is 0 Å². The largest absolute Gasteiger partial charge is 0.462 e. The Kier molecular flexibility index (Phi) is 14.7. The number of hydrogen-bond acceptors (Lipinski definition) is 11. The van der Waals surface area contributed by atoms with Crippen LogP contribution in [-0.4, -0.2) is 118 Å². The van der Waals surface area contributed by atoms with Crippen LogP contribution >= 0.6 is 0 Å². The first kappa shape index (κ1) is 36.5. The minimum absolute atomic E-state index is 0.137. The zero-order valence-electron chi connectivity index (χ0n) is 26.1. The molecule has 2 aliphatic heterocycles. The first-order valence-corrected chi connectivity index (χ1v) is 15.1. The molecule has 0 aromatic heterocycles. The lowest BCUT2D eigenvalue weighted by atomic mass is 9.79. The van der Waals surface area contributed by atoms with Gasteiger partial charge in [0, 0.05) is 24.4 Å². The lowest BCUT2D eigenvalue weighted by molar-refractivity contribution is -0.304. The highest BCUT2D eigenvalue weighted by atomic mass is 16.7. The molecule has 0 spiro atoms. The average Bonchev–Trinajstić information content (AvgIpc) is 2.93. The molecule has 11 nitrogen and oxygen atoms in total. The molecule has 2 heterocycles. The Morgan fingerprint density at radius 1 is 1.05 bits per heavy atom. The van der Waals surface area contributed by atoms with E-state index in [9.17, 15) is 35.1 Å². The van der Waals surface area contributed by atoms with Crippen molar-refractivity contribution in [3.8, 4) is 0 Å². The fourth-order valence-electron chi connectivity index (χ4n) is 6.02. The van der Waals surface area contributed by atoms with Crippen molar-refractivity contribution in [2.45, 2.75) is 109 Å². The summed E-state index contributed by atoms with van der Waals surface area (Å²) in [5, 5.41) is 53.0. The van der Waals surface area contributed by atoms with Crippen molar-refractivity contribution in [2.75, 3.05) is 27.3 Å². The highest BCUT2D eigenvalue weighted by Gasteiger charge is 2.47. The van der Waals surface area contributed by atoms with Crippen molar-refractivity contribution in [2.24, 2.45) is 23.7 Å². The van der Waals surface area contributed by atoms with Gasteiger partial charge in [0.25, 0.3) is 0 Å². The summed E-state index contributed by atoms with van der Waals surface area (Å²) in [5.41, 5.74) is 0.730. The van der Waals surface area contributed by atoms with Gasteiger partial charge in [-0.15, -0.1) is 0 Å². The minimum atomic E-state index is -1.24. The van der Waals surface area contributed by atoms with Crippen LogP contribution in [0.15, 0.2) is 23.8 Å². The second-order valence-corrected chi connectivity index (χ2v) is 12.2. The highest BCUT2D eigenvalue weighted by molar-refractivity contribution is 5.91. The second-order valence-electron chi connectivity index (χ2n) is 12.2. The zero-order valence-corrected chi connectivity index (χ0v) is 26.1. The Labute approximate surface area is 250 Å². The van der Waals surface area contributed by atoms with Crippen LogP contribution in [0.25, 0.3) is 0 Å². The quantitative estimate of drug-likeness (QED) is 0.267. The summed E-state index contributed by atoms with van der Waals surface area (Å²) in [7, 11) is 3.46. The molecule has 1 saturated heterocycles. The molecule has 0 saturated carbocycles. The fraction of sp³-hybridized carbons (Fsp3) is 0.806. The Bertz CT molecular complexity index is 923. The van der Waals surface area contributed by atoms with Gasteiger partial charge >= 0.3 is 5.97 Å². The van der Waals surface area contributed by atoms with Crippen LogP contribution in [0.1, 0.15) is 60.3 Å². The van der Waals surface area contributed by atoms with Gasteiger partial charge in [0.15, 0.2) is 12.1 Å². The van der Waals surface area contributed by atoms with E-state index in [-0.39, 0.29) is 31.8 Å². The maximum absolute atomic E-state index is 13.1. The van der Waals surface area contributed by atoms with E-state index in [4.69, 9.17) is 14.2 Å². The number of cyclic esters (lactones) is 1. The van der Waals surface area contributed by atoms with Gasteiger partial charge in [0.05, 0.1) is 43.5 Å². The first-order valence-electron chi connectivity index (χ1n) is 15.1. The lowest BCUT2D eigenvalue weighted by Gasteiger charge is -2.46. The van der Waals surface area contributed by atoms with E-state index in [0.717, 1.165) is 5.57 Å². The molecule has 42 heavy (non-hydrogen) atoms. The maximum atomic E-state index is 13.1. The third-order valence-corrected chi connectivity index (χ3v) is 8.66. The van der Waals surface area contributed by atoms with Gasteiger partial charge in [-0.25, -0.2) is 0 Å². The first-order chi connectivity index (χ1) is 19.7. The van der Waals surface area contributed by atoms with Gasteiger partial charge in [-0.1, -0.05) is 38.5 Å². The molecule has 0 aromatic carbocycles. The third-order valence-electron chi connectivity index (χ3n) is 8.66. The van der Waals surface area contributed by atoms with E-state index >= 15 is 0 Å². The standard InChI is InChI=1S/C31H53NO10/c1-8-25-22(16-34)13-17(2)9-10-23(35)18(3)14-21(11-12-33)30(19(4)24(36)15-26(37)41-25)42-31-29(39)27(32(6)7)28(38)20(5)40-31/h9-10,13,18-22,24-25,27-31,33-34,36,38-39H,8,11-12,14-16H2,1-7H3/b10-9+,17-13+/t18-,19+,20-,21+,22-,24-,25-,27+,28-,29-,30-,31+/m1/s1. The van der Waals surface area contributed by atoms with Crippen LogP contribution in [-0.2, 0) is 23.8 Å². The van der Waals surface area contributed by atoms with Crippen LogP contribution in [0.3, 0.4) is 0 Å². The van der Waals surface area contributed by atoms with Crippen molar-refractivity contribution in [1.82, 2.24) is 4.90 Å². The van der Waals surface area contributed by atoms with Gasteiger partial charge in [-0.3, -0.25) is 9.59 Å². The molecule has 242 valence electrons. The molecule has 12 atom stereocenters. The summed E-state index contributed by atoms with van der Waals surface area (Å²) in [5.74, 6) is -2.88. The monoisotopic (exact) mass is 599 g/mol. The molecule has 5 N–H and O–H groups in total. The predicted octanol–water partition coefficient (Wildman–Crippen LogP) is 1.20. The van der Waals surface area contributed by atoms with Gasteiger partial charge < -0.3 is 44.6 Å². The van der Waals surface area contributed by atoms with Gasteiger partial charge in [0.1, 0.15) is 12.2 Å². The third kappa shape index (κ3) is 9.65. The number of rotatable bonds is 7. The van der Waals surface area contributed by atoms with Crippen molar-refractivity contribution >= 4 is 11.8 Å². The SMILES string of the molecule is CC[C@H]1OC(=O)C[C@@H](O)[C@H](C)[C@@H](O[C@@H]2O[C@H](C)[C@@H](O)[C@H](N(C)C)[C@H]2O)[C@@H](CCO)C[C@@H](C)C(=O)/C=C/C(C)=C/[C@@H]1CO. The molecule has 0 aromatic rings. The highest BCUT2D eigenvalue weighted by Crippen LogP contribution is 2.34. The summed E-state index contributed by atoms with van der Waals surface area (Å²) >= 11 is 0. The number of aliphatic hydroxyl groups excluding tert-OH is 5. The normalized spacial score (nSPS) is 41.7. The zero-order chi connectivity index (χ0) is 31.7. The number of esters is 1. The molecular weight excluding hydrogens is 546 g/mol. The van der Waals surface area contributed by atoms with E-state index in [1.165, 1.54) is 6.08 Å². The molecule has 2 aliphatic rings. The number of hydrogen-bond donors (Lipinski definition) is 5. The van der Waals surface area contributed by atoms with Crippen LogP contribution < -0.4 is 0 Å². The van der Waals surface area contributed by atoms with Crippen molar-refractivity contribution in [1.29, 1.82) is 0 Å². The Morgan fingerprint density at radius 2 is 1.71 bits per heavy atom. The number of nitrogens with zero attached hydrogens (tertiary/aromatic N) is 1. The number of allylic oxidation sites excluding steroid dienone is 3. The minimum Gasteiger partial charge on any atom is -0.462 e. The van der Waals surface area contributed by atoms with Crippen LogP contribution in [0.4, 0.5) is 0 Å². The number of carbonyl (C=O) groups excluding carboxylic acids is 2. The van der Waals surface area contributed by atoms with Crippen molar-refractivity contribution in [3.63, 3.8) is 0 Å². The lowest BCUT2D eigenvalue weighted by Crippen LogP contribution is -2.63. The van der Waals surface area contributed by atoms with Crippen LogP contribution in [0.5, 0.6) is 0 Å². The Morgan fingerprint density at radius 3 is 2.29 bits per heavy atom. The maximum Gasteiger partial charge on any atom is 0.308 e. The van der Waals surface area contributed by atoms with Gasteiger partial charge in [-0.05, 0) is 59.2 Å². The summed E-state index contributed by atoms with van der Waals surface area (Å²) in [6.07, 6.45) is -1.22. The number of carbonyl (C=O) groups is 2. The molecule has 0 bridgehead atoms. The summed E-state index contributed by atoms with van der Waals surface area (Å²) in [4.78, 5) is 27.8. The number of aliphatic hydroxyl groups is 5. The van der Waals surface area contributed by atoms with Crippen molar-refractivity contribution in [3.05, 3.63) is 23.8 Å². The molecule has 0 amide bonds. The van der Waals surface area contributed by atoms with E-state index < -0.39 is 78.6 Å². The fourth-order valence-corrected chi connectivity index (χ4v) is 6.02. The number of ether oxygens (including phenoxy) is 3. The topological polar surface area (TPSA) is 166 Å². The molecule has 0 aliphatic carbocycles. The van der Waals surface area contributed by atoms with E-state index in [1.807, 2.05) is 6.92 Å². The smallest absolute Gasteiger partial charge is 0.308 e. The molecule has 2 rings (SSSR count). The van der Waals surface area contributed by atoms with E-state index in [2.05, 4.69) is 0 Å². The van der Waals surface area contributed by atoms with Crippen LogP contribution in [0, 0.1) is 23.7 Å². The second kappa shape index (κ2) is 17.0. The molecule has 0 radical (unpaired) electrons. The Balaban J connectivity index is 2.51. The van der Waals surface area contributed by atoms with Gasteiger partial charge in [-0.2, -0.15) is 0 Å². The molecule has 0 unspecified atom stereocenters. The average molecular weight is 600 g/mol. The van der Waals surface area contributed by atoms with E-state index in [0.29, 0.717) is 12.8 Å². The van der Waals surface area contributed by atoms with Gasteiger partial charge in [0.2, 0.25) is 0 Å². The summed E-state index contributed by atoms with van der Waals surface area (Å²) in [6.45, 7) is 8.33. The number of ketones is 1. The Hall–Kier alpha value is -1.70. The summed E-state index contributed by atoms with van der Waals surface area (Å²) < 4.78 is 18.0. The number of likely N-dealkylation sites (N-methyl/N-ethyl adjacent to an activating group) is 1. The molecule has 11 heteroatoms. The molecule has 1 fully saturated rings. The molecular formula is C31H53NO10. The predicted molar refractivity (Wildman–Crippen MR) is 156 cm³/mol. The van der Waals surface area contributed by atoms with Crippen molar-refractivity contribution < 1.29 is 49.3 Å². The summed E-state index contributed by atoms with van der Waals surface area (Å²) in [6, 6.07) is -0.691.